The Hall–Kier alpha value is -3.35. The van der Waals surface area contributed by atoms with Crippen LogP contribution in [0.2, 0.25) is 0 Å². The molecule has 0 bridgehead atoms. The number of aryl methyl sites for hydroxylation is 1. The molecule has 1 aromatic heterocycles. The third-order valence-electron chi connectivity index (χ3n) is 3.57. The first-order valence-electron chi connectivity index (χ1n) is 7.27. The number of oxazole rings is 1. The van der Waals surface area contributed by atoms with Gasteiger partial charge in [0.05, 0.1) is 16.8 Å². The summed E-state index contributed by atoms with van der Waals surface area (Å²) in [6.07, 6.45) is 0.0113. The highest BCUT2D eigenvalue weighted by atomic mass is 16.4. The largest absolute Gasteiger partial charge is 0.478 e. The molecule has 122 valence electrons. The smallest absolute Gasteiger partial charge is 0.419 e. The number of benzene rings is 2. The number of nitrogens with one attached hydrogen (secondary N) is 1. The van der Waals surface area contributed by atoms with Crippen LogP contribution >= 0.6 is 0 Å². The average Bonchev–Trinajstić information content (AvgIpc) is 2.88. The molecule has 7 nitrogen and oxygen atoms in total. The van der Waals surface area contributed by atoms with E-state index in [2.05, 4.69) is 5.32 Å². The normalized spacial score (nSPS) is 10.7. The fraction of sp³-hybridized carbons (Fsp3) is 0.118. The number of para-hydroxylation sites is 3. The Balaban J connectivity index is 1.73. The lowest BCUT2D eigenvalue weighted by atomic mass is 10.2. The fourth-order valence-corrected chi connectivity index (χ4v) is 2.43. The number of carbonyl (C=O) groups is 2. The molecule has 3 aromatic rings. The molecule has 0 saturated heterocycles. The van der Waals surface area contributed by atoms with Crippen molar-refractivity contribution >= 4 is 28.7 Å². The third-order valence-corrected chi connectivity index (χ3v) is 3.57. The van der Waals surface area contributed by atoms with E-state index in [1.807, 2.05) is 0 Å². The quantitative estimate of drug-likeness (QED) is 0.749. The SMILES string of the molecule is O=C(CCn1c(=O)oc2ccccc21)Nc1ccccc1C(=O)O. The maximum atomic E-state index is 12.1. The summed E-state index contributed by atoms with van der Waals surface area (Å²) >= 11 is 0. The van der Waals surface area contributed by atoms with Crippen LogP contribution in [-0.4, -0.2) is 21.6 Å². The van der Waals surface area contributed by atoms with Crippen LogP contribution in [0.25, 0.3) is 11.1 Å². The summed E-state index contributed by atoms with van der Waals surface area (Å²) in [5, 5.41) is 11.7. The zero-order valence-corrected chi connectivity index (χ0v) is 12.6. The number of hydrogen-bond donors (Lipinski definition) is 2. The highest BCUT2D eigenvalue weighted by molar-refractivity contribution is 6.00. The molecule has 0 saturated carbocycles. The molecule has 1 amide bonds. The van der Waals surface area contributed by atoms with Crippen LogP contribution < -0.4 is 11.1 Å². The zero-order valence-electron chi connectivity index (χ0n) is 12.6. The van der Waals surface area contributed by atoms with Gasteiger partial charge < -0.3 is 14.8 Å². The van der Waals surface area contributed by atoms with E-state index in [1.54, 1.807) is 36.4 Å². The minimum absolute atomic E-state index is 0.0109. The van der Waals surface area contributed by atoms with Gasteiger partial charge in [-0.15, -0.1) is 0 Å². The first kappa shape index (κ1) is 15.5. The molecule has 1 heterocycles. The first-order valence-corrected chi connectivity index (χ1v) is 7.27. The van der Waals surface area contributed by atoms with E-state index in [4.69, 9.17) is 9.52 Å². The fourth-order valence-electron chi connectivity index (χ4n) is 2.43. The number of hydrogen-bond acceptors (Lipinski definition) is 4. The number of carbonyl (C=O) groups excluding carboxylic acids is 1. The molecule has 3 rings (SSSR count). The summed E-state index contributed by atoms with van der Waals surface area (Å²) in [6, 6.07) is 13.1. The molecule has 0 aliphatic carbocycles. The zero-order chi connectivity index (χ0) is 17.1. The average molecular weight is 326 g/mol. The Morgan fingerprint density at radius 1 is 1.08 bits per heavy atom. The van der Waals surface area contributed by atoms with E-state index in [0.717, 1.165) is 0 Å². The third kappa shape index (κ3) is 3.05. The highest BCUT2D eigenvalue weighted by Gasteiger charge is 2.13. The van der Waals surface area contributed by atoms with Crippen molar-refractivity contribution in [2.24, 2.45) is 0 Å². The molecule has 2 N–H and O–H groups in total. The van der Waals surface area contributed by atoms with E-state index in [0.29, 0.717) is 11.1 Å². The first-order chi connectivity index (χ1) is 11.6. The van der Waals surface area contributed by atoms with Crippen LogP contribution in [0.1, 0.15) is 16.8 Å². The Morgan fingerprint density at radius 2 is 1.79 bits per heavy atom. The lowest BCUT2D eigenvalue weighted by Crippen LogP contribution is -2.20. The van der Waals surface area contributed by atoms with Crippen LogP contribution in [0.4, 0.5) is 5.69 Å². The molecule has 0 radical (unpaired) electrons. The van der Waals surface area contributed by atoms with Crippen LogP contribution in [0.5, 0.6) is 0 Å². The van der Waals surface area contributed by atoms with Crippen LogP contribution in [0.3, 0.4) is 0 Å². The second-order valence-corrected chi connectivity index (χ2v) is 5.14. The number of fused-ring (bicyclic) bond motifs is 1. The summed E-state index contributed by atoms with van der Waals surface area (Å²) < 4.78 is 6.47. The van der Waals surface area contributed by atoms with E-state index >= 15 is 0 Å². The molecule has 24 heavy (non-hydrogen) atoms. The maximum Gasteiger partial charge on any atom is 0.419 e. The van der Waals surface area contributed by atoms with Crippen molar-refractivity contribution in [3.63, 3.8) is 0 Å². The molecule has 0 spiro atoms. The molecule has 0 aliphatic heterocycles. The van der Waals surface area contributed by atoms with Crippen molar-refractivity contribution in [2.75, 3.05) is 5.32 Å². The lowest BCUT2D eigenvalue weighted by molar-refractivity contribution is -0.116. The Morgan fingerprint density at radius 3 is 2.58 bits per heavy atom. The van der Waals surface area contributed by atoms with Crippen molar-refractivity contribution in [3.8, 4) is 0 Å². The number of amides is 1. The topological polar surface area (TPSA) is 102 Å². The molecule has 7 heteroatoms. The van der Waals surface area contributed by atoms with E-state index in [1.165, 1.54) is 16.7 Å². The van der Waals surface area contributed by atoms with Gasteiger partial charge in [-0.1, -0.05) is 24.3 Å². The van der Waals surface area contributed by atoms with Gasteiger partial charge in [0.1, 0.15) is 0 Å². The van der Waals surface area contributed by atoms with Gasteiger partial charge in [0.15, 0.2) is 5.58 Å². The Labute approximate surface area is 136 Å². The summed E-state index contributed by atoms with van der Waals surface area (Å²) in [6.45, 7) is 0.136. The number of aromatic carboxylic acids is 1. The van der Waals surface area contributed by atoms with Crippen LogP contribution in [-0.2, 0) is 11.3 Å². The van der Waals surface area contributed by atoms with Gasteiger partial charge in [-0.2, -0.15) is 0 Å². The Kier molecular flexibility index (Phi) is 4.15. The van der Waals surface area contributed by atoms with Crippen molar-refractivity contribution in [2.45, 2.75) is 13.0 Å². The summed E-state index contributed by atoms with van der Waals surface area (Å²) in [4.78, 5) is 35.0. The van der Waals surface area contributed by atoms with Gasteiger partial charge in [-0.05, 0) is 24.3 Å². The molecule has 0 unspecified atom stereocenters. The second-order valence-electron chi connectivity index (χ2n) is 5.14. The second kappa shape index (κ2) is 6.41. The van der Waals surface area contributed by atoms with Gasteiger partial charge in [-0.25, -0.2) is 9.59 Å². The van der Waals surface area contributed by atoms with Crippen LogP contribution in [0, 0.1) is 0 Å². The summed E-state index contributed by atoms with van der Waals surface area (Å²) in [5.74, 6) is -2.04. The summed E-state index contributed by atoms with van der Waals surface area (Å²) in [5.41, 5.74) is 1.30. The number of carboxylic acid groups (broad SMARTS) is 1. The van der Waals surface area contributed by atoms with Gasteiger partial charge in [-0.3, -0.25) is 9.36 Å². The van der Waals surface area contributed by atoms with Crippen molar-refractivity contribution in [1.29, 1.82) is 0 Å². The van der Waals surface area contributed by atoms with Crippen molar-refractivity contribution in [1.82, 2.24) is 4.57 Å². The van der Waals surface area contributed by atoms with Crippen molar-refractivity contribution < 1.29 is 19.1 Å². The number of rotatable bonds is 5. The number of aromatic nitrogens is 1. The molecular formula is C17H14N2O5. The molecule has 2 aromatic carbocycles. The maximum absolute atomic E-state index is 12.1. The number of carboxylic acids is 1. The van der Waals surface area contributed by atoms with E-state index in [9.17, 15) is 14.4 Å². The molecule has 0 aliphatic rings. The molecular weight excluding hydrogens is 312 g/mol. The molecule has 0 atom stereocenters. The minimum atomic E-state index is -1.12. The Bertz CT molecular complexity index is 970. The van der Waals surface area contributed by atoms with Gasteiger partial charge >= 0.3 is 11.7 Å². The van der Waals surface area contributed by atoms with Gasteiger partial charge in [0.2, 0.25) is 5.91 Å². The minimum Gasteiger partial charge on any atom is -0.478 e. The molecule has 0 fully saturated rings. The van der Waals surface area contributed by atoms with Crippen LogP contribution in [0.15, 0.2) is 57.7 Å². The van der Waals surface area contributed by atoms with E-state index in [-0.39, 0.29) is 30.1 Å². The highest BCUT2D eigenvalue weighted by Crippen LogP contribution is 2.16. The van der Waals surface area contributed by atoms with Crippen molar-refractivity contribution in [3.05, 3.63) is 64.6 Å². The number of anilines is 1. The number of nitrogens with zero attached hydrogens (tertiary/aromatic N) is 1. The predicted octanol–water partition coefficient (Wildman–Crippen LogP) is 2.32. The predicted molar refractivity (Wildman–Crippen MR) is 87.1 cm³/mol. The van der Waals surface area contributed by atoms with E-state index < -0.39 is 11.7 Å². The monoisotopic (exact) mass is 326 g/mol. The standard InChI is InChI=1S/C17H14N2O5/c20-15(18-12-6-2-1-5-11(12)16(21)22)9-10-19-13-7-3-4-8-14(13)24-17(19)23/h1-8H,9-10H2,(H,18,20)(H,21,22). The lowest BCUT2D eigenvalue weighted by Gasteiger charge is -2.08. The summed E-state index contributed by atoms with van der Waals surface area (Å²) in [7, 11) is 0. The van der Waals surface area contributed by atoms with Gasteiger partial charge in [0.25, 0.3) is 0 Å². The van der Waals surface area contributed by atoms with Gasteiger partial charge in [0, 0.05) is 13.0 Å².